The minimum atomic E-state index is -0.163. The number of ether oxygens (including phenoxy) is 1. The van der Waals surface area contributed by atoms with Crippen LogP contribution in [0.2, 0.25) is 0 Å². The summed E-state index contributed by atoms with van der Waals surface area (Å²) in [5.41, 5.74) is 0.446. The summed E-state index contributed by atoms with van der Waals surface area (Å²) >= 11 is 0. The number of hydrogen-bond donors (Lipinski definition) is 1. The van der Waals surface area contributed by atoms with E-state index >= 15 is 0 Å². The van der Waals surface area contributed by atoms with Gasteiger partial charge in [-0.2, -0.15) is 0 Å². The maximum absolute atomic E-state index is 9.16. The van der Waals surface area contributed by atoms with Gasteiger partial charge in [0, 0.05) is 6.61 Å². The fourth-order valence-corrected chi connectivity index (χ4v) is 3.18. The van der Waals surface area contributed by atoms with Gasteiger partial charge in [-0.05, 0) is 56.8 Å². The Morgan fingerprint density at radius 1 is 1.29 bits per heavy atom. The summed E-state index contributed by atoms with van der Waals surface area (Å²) in [7, 11) is 0. The van der Waals surface area contributed by atoms with Crippen LogP contribution >= 0.6 is 0 Å². The Hall–Kier alpha value is -0.0800. The van der Waals surface area contributed by atoms with Gasteiger partial charge in [0.25, 0.3) is 0 Å². The van der Waals surface area contributed by atoms with E-state index in [2.05, 4.69) is 20.8 Å². The highest BCUT2D eigenvalue weighted by molar-refractivity contribution is 4.83. The van der Waals surface area contributed by atoms with Crippen molar-refractivity contribution in [3.63, 3.8) is 0 Å². The predicted octanol–water partition coefficient (Wildman–Crippen LogP) is 3.77. The van der Waals surface area contributed by atoms with Crippen molar-refractivity contribution in [1.82, 2.24) is 0 Å². The average molecular weight is 242 g/mol. The molecule has 1 saturated carbocycles. The third-order valence-corrected chi connectivity index (χ3v) is 3.72. The quantitative estimate of drug-likeness (QED) is 0.718. The zero-order chi connectivity index (χ0) is 12.9. The SMILES string of the molecule is CC(O)CCCCOC1CC(C)CC(C)(C)C1. The second kappa shape index (κ2) is 6.75. The Balaban J connectivity index is 2.14. The van der Waals surface area contributed by atoms with Gasteiger partial charge in [-0.25, -0.2) is 0 Å². The molecule has 3 unspecified atom stereocenters. The third kappa shape index (κ3) is 6.42. The topological polar surface area (TPSA) is 29.5 Å². The molecule has 0 heterocycles. The van der Waals surface area contributed by atoms with Crippen molar-refractivity contribution in [3.8, 4) is 0 Å². The van der Waals surface area contributed by atoms with Gasteiger partial charge in [0.1, 0.15) is 0 Å². The van der Waals surface area contributed by atoms with Crippen molar-refractivity contribution in [3.05, 3.63) is 0 Å². The molecule has 1 fully saturated rings. The van der Waals surface area contributed by atoms with Gasteiger partial charge in [-0.3, -0.25) is 0 Å². The third-order valence-electron chi connectivity index (χ3n) is 3.72. The Kier molecular flexibility index (Phi) is 5.94. The molecular formula is C15H30O2. The minimum absolute atomic E-state index is 0.163. The van der Waals surface area contributed by atoms with Gasteiger partial charge in [0.15, 0.2) is 0 Å². The van der Waals surface area contributed by atoms with Crippen LogP contribution in [-0.4, -0.2) is 23.9 Å². The zero-order valence-electron chi connectivity index (χ0n) is 12.0. The molecule has 3 atom stereocenters. The molecule has 0 amide bonds. The second-order valence-electron chi connectivity index (χ2n) is 6.75. The highest BCUT2D eigenvalue weighted by Gasteiger charge is 2.32. The second-order valence-corrected chi connectivity index (χ2v) is 6.75. The maximum atomic E-state index is 9.16. The van der Waals surface area contributed by atoms with Crippen molar-refractivity contribution in [2.24, 2.45) is 11.3 Å². The van der Waals surface area contributed by atoms with E-state index in [1.807, 2.05) is 6.92 Å². The molecule has 0 aliphatic heterocycles. The van der Waals surface area contributed by atoms with Gasteiger partial charge in [0.05, 0.1) is 12.2 Å². The van der Waals surface area contributed by atoms with Crippen LogP contribution in [0.4, 0.5) is 0 Å². The number of hydrogen-bond acceptors (Lipinski definition) is 2. The zero-order valence-corrected chi connectivity index (χ0v) is 12.0. The molecule has 1 rings (SSSR count). The van der Waals surface area contributed by atoms with Crippen molar-refractivity contribution >= 4 is 0 Å². The Labute approximate surface area is 107 Å². The molecule has 0 bridgehead atoms. The molecule has 2 heteroatoms. The minimum Gasteiger partial charge on any atom is -0.393 e. The van der Waals surface area contributed by atoms with E-state index in [1.165, 1.54) is 19.3 Å². The number of rotatable bonds is 6. The van der Waals surface area contributed by atoms with Crippen LogP contribution in [-0.2, 0) is 4.74 Å². The maximum Gasteiger partial charge on any atom is 0.0582 e. The van der Waals surface area contributed by atoms with E-state index in [-0.39, 0.29) is 6.10 Å². The highest BCUT2D eigenvalue weighted by Crippen LogP contribution is 2.39. The first-order valence-electron chi connectivity index (χ1n) is 7.19. The molecule has 0 aromatic carbocycles. The van der Waals surface area contributed by atoms with Crippen LogP contribution in [0.15, 0.2) is 0 Å². The standard InChI is InChI=1S/C15H30O2/c1-12-9-14(11-15(3,4)10-12)17-8-6-5-7-13(2)16/h12-14,16H,5-11H2,1-4H3. The van der Waals surface area contributed by atoms with Crippen molar-refractivity contribution < 1.29 is 9.84 Å². The molecule has 0 radical (unpaired) electrons. The van der Waals surface area contributed by atoms with Crippen LogP contribution in [0.5, 0.6) is 0 Å². The molecule has 0 aromatic heterocycles. The molecule has 1 aliphatic rings. The molecule has 102 valence electrons. The summed E-state index contributed by atoms with van der Waals surface area (Å²) in [6, 6.07) is 0. The molecule has 1 aliphatic carbocycles. The molecule has 17 heavy (non-hydrogen) atoms. The Morgan fingerprint density at radius 2 is 2.00 bits per heavy atom. The smallest absolute Gasteiger partial charge is 0.0582 e. The summed E-state index contributed by atoms with van der Waals surface area (Å²) < 4.78 is 5.99. The lowest BCUT2D eigenvalue weighted by Crippen LogP contribution is -2.32. The van der Waals surface area contributed by atoms with Crippen LogP contribution in [0.25, 0.3) is 0 Å². The number of unbranched alkanes of at least 4 members (excludes halogenated alkanes) is 1. The molecule has 0 spiro atoms. The normalized spacial score (nSPS) is 30.2. The van der Waals surface area contributed by atoms with Crippen molar-refractivity contribution in [2.75, 3.05) is 6.61 Å². The van der Waals surface area contributed by atoms with Crippen molar-refractivity contribution in [2.45, 2.75) is 78.4 Å². The van der Waals surface area contributed by atoms with Gasteiger partial charge < -0.3 is 9.84 Å². The van der Waals surface area contributed by atoms with Gasteiger partial charge in [-0.15, -0.1) is 0 Å². The van der Waals surface area contributed by atoms with Gasteiger partial charge in [0.2, 0.25) is 0 Å². The molecule has 2 nitrogen and oxygen atoms in total. The fraction of sp³-hybridized carbons (Fsp3) is 1.00. The summed E-state index contributed by atoms with van der Waals surface area (Å²) in [5.74, 6) is 0.793. The summed E-state index contributed by atoms with van der Waals surface area (Å²) in [6.07, 6.45) is 7.10. The van der Waals surface area contributed by atoms with Gasteiger partial charge in [-0.1, -0.05) is 20.8 Å². The van der Waals surface area contributed by atoms with E-state index in [4.69, 9.17) is 9.84 Å². The van der Waals surface area contributed by atoms with E-state index < -0.39 is 0 Å². The largest absolute Gasteiger partial charge is 0.393 e. The van der Waals surface area contributed by atoms with E-state index in [0.717, 1.165) is 31.8 Å². The molecule has 1 N–H and O–H groups in total. The Bertz CT molecular complexity index is 211. The van der Waals surface area contributed by atoms with Crippen LogP contribution in [0, 0.1) is 11.3 Å². The van der Waals surface area contributed by atoms with E-state index in [0.29, 0.717) is 11.5 Å². The lowest BCUT2D eigenvalue weighted by Gasteiger charge is -2.38. The van der Waals surface area contributed by atoms with Gasteiger partial charge >= 0.3 is 0 Å². The van der Waals surface area contributed by atoms with Crippen molar-refractivity contribution in [1.29, 1.82) is 0 Å². The van der Waals surface area contributed by atoms with E-state index in [9.17, 15) is 0 Å². The summed E-state index contributed by atoms with van der Waals surface area (Å²) in [6.45, 7) is 9.76. The van der Waals surface area contributed by atoms with Crippen LogP contribution < -0.4 is 0 Å². The predicted molar refractivity (Wildman–Crippen MR) is 72.1 cm³/mol. The molecular weight excluding hydrogens is 212 g/mol. The number of aliphatic hydroxyl groups excluding tert-OH is 1. The summed E-state index contributed by atoms with van der Waals surface area (Å²) in [4.78, 5) is 0. The van der Waals surface area contributed by atoms with Crippen LogP contribution in [0.1, 0.15) is 66.2 Å². The van der Waals surface area contributed by atoms with E-state index in [1.54, 1.807) is 0 Å². The first kappa shape index (κ1) is 15.0. The first-order valence-corrected chi connectivity index (χ1v) is 7.19. The highest BCUT2D eigenvalue weighted by atomic mass is 16.5. The Morgan fingerprint density at radius 3 is 2.59 bits per heavy atom. The summed E-state index contributed by atoms with van der Waals surface area (Å²) in [5, 5.41) is 9.16. The lowest BCUT2D eigenvalue weighted by atomic mass is 9.71. The first-order chi connectivity index (χ1) is 7.89. The average Bonchev–Trinajstić information content (AvgIpc) is 2.13. The lowest BCUT2D eigenvalue weighted by molar-refractivity contribution is -0.0244. The number of aliphatic hydroxyl groups is 1. The monoisotopic (exact) mass is 242 g/mol. The van der Waals surface area contributed by atoms with Crippen LogP contribution in [0.3, 0.4) is 0 Å². The molecule has 0 saturated heterocycles. The fourth-order valence-electron chi connectivity index (χ4n) is 3.18. The molecule has 0 aromatic rings.